The molecule has 5 nitrogen and oxygen atoms in total. The van der Waals surface area contributed by atoms with Gasteiger partial charge in [0.15, 0.2) is 0 Å². The maximum absolute atomic E-state index is 11.4. The van der Waals surface area contributed by atoms with Crippen LogP contribution in [0.4, 0.5) is 0 Å². The Labute approximate surface area is 94.4 Å². The first kappa shape index (κ1) is 11.2. The number of furan rings is 1. The van der Waals surface area contributed by atoms with E-state index in [2.05, 4.69) is 15.0 Å². The number of carbonyl (C=O) groups is 1. The Kier molecular flexibility index (Phi) is 3.26. The Morgan fingerprint density at radius 3 is 3.00 bits per heavy atom. The number of carbonyl (C=O) groups excluding carboxylic acids is 1. The van der Waals surface area contributed by atoms with E-state index < -0.39 is 5.97 Å². The lowest BCUT2D eigenvalue weighted by Crippen LogP contribution is -2.55. The molecule has 2 heterocycles. The summed E-state index contributed by atoms with van der Waals surface area (Å²) in [7, 11) is 3.40. The van der Waals surface area contributed by atoms with Crippen LogP contribution in [0.25, 0.3) is 0 Å². The second kappa shape index (κ2) is 4.67. The second-order valence-corrected chi connectivity index (χ2v) is 3.99. The number of nitrogens with one attached hydrogen (secondary N) is 1. The monoisotopic (exact) mass is 224 g/mol. The van der Waals surface area contributed by atoms with E-state index in [0.29, 0.717) is 18.3 Å². The van der Waals surface area contributed by atoms with Crippen LogP contribution in [0, 0.1) is 0 Å². The van der Waals surface area contributed by atoms with E-state index in [1.165, 1.54) is 13.4 Å². The average molecular weight is 224 g/mol. The fourth-order valence-electron chi connectivity index (χ4n) is 1.71. The molecule has 0 bridgehead atoms. The topological polar surface area (TPSA) is 54.7 Å². The van der Waals surface area contributed by atoms with Gasteiger partial charge >= 0.3 is 5.97 Å². The minimum atomic E-state index is -0.417. The zero-order valence-electron chi connectivity index (χ0n) is 9.53. The molecule has 0 saturated carbocycles. The van der Waals surface area contributed by atoms with Gasteiger partial charge in [0.25, 0.3) is 0 Å². The maximum Gasteiger partial charge on any atom is 0.374 e. The van der Waals surface area contributed by atoms with Crippen LogP contribution in [0.1, 0.15) is 16.1 Å². The summed E-state index contributed by atoms with van der Waals surface area (Å²) in [5.41, 5.74) is 0.876. The summed E-state index contributed by atoms with van der Waals surface area (Å²) in [4.78, 5) is 13.6. The predicted molar refractivity (Wildman–Crippen MR) is 58.2 cm³/mol. The van der Waals surface area contributed by atoms with Crippen LogP contribution >= 0.6 is 0 Å². The SMILES string of the molecule is COC(=O)c1occc1CN(C)C1CNC1. The van der Waals surface area contributed by atoms with Gasteiger partial charge in [-0.15, -0.1) is 0 Å². The lowest BCUT2D eigenvalue weighted by atomic mass is 10.1. The summed E-state index contributed by atoms with van der Waals surface area (Å²) >= 11 is 0. The van der Waals surface area contributed by atoms with Gasteiger partial charge in [-0.2, -0.15) is 0 Å². The average Bonchev–Trinajstić information content (AvgIpc) is 2.62. The van der Waals surface area contributed by atoms with Gasteiger partial charge < -0.3 is 14.5 Å². The number of hydrogen-bond acceptors (Lipinski definition) is 5. The zero-order valence-corrected chi connectivity index (χ0v) is 9.53. The molecule has 1 aromatic heterocycles. The molecule has 1 saturated heterocycles. The molecule has 2 rings (SSSR count). The van der Waals surface area contributed by atoms with Crippen molar-refractivity contribution in [2.24, 2.45) is 0 Å². The number of ether oxygens (including phenoxy) is 1. The van der Waals surface area contributed by atoms with Crippen LogP contribution < -0.4 is 5.32 Å². The van der Waals surface area contributed by atoms with E-state index >= 15 is 0 Å². The van der Waals surface area contributed by atoms with Gasteiger partial charge in [-0.25, -0.2) is 4.79 Å². The summed E-state index contributed by atoms with van der Waals surface area (Å²) < 4.78 is 9.79. The third-order valence-electron chi connectivity index (χ3n) is 2.92. The minimum Gasteiger partial charge on any atom is -0.463 e. The van der Waals surface area contributed by atoms with Gasteiger partial charge in [-0.05, 0) is 13.1 Å². The summed E-state index contributed by atoms with van der Waals surface area (Å²) in [5.74, 6) is -0.109. The van der Waals surface area contributed by atoms with Crippen molar-refractivity contribution in [1.29, 1.82) is 0 Å². The van der Waals surface area contributed by atoms with Gasteiger partial charge in [-0.1, -0.05) is 0 Å². The number of methoxy groups -OCH3 is 1. The standard InChI is InChI=1S/C11H16N2O3/c1-13(9-5-12-6-9)7-8-3-4-16-10(8)11(14)15-2/h3-4,9,12H,5-7H2,1-2H3. The van der Waals surface area contributed by atoms with Gasteiger partial charge in [0.1, 0.15) is 0 Å². The summed E-state index contributed by atoms with van der Waals surface area (Å²) in [6, 6.07) is 2.36. The van der Waals surface area contributed by atoms with Crippen molar-refractivity contribution in [3.05, 3.63) is 23.7 Å². The van der Waals surface area contributed by atoms with Crippen molar-refractivity contribution in [3.63, 3.8) is 0 Å². The van der Waals surface area contributed by atoms with E-state index in [9.17, 15) is 4.79 Å². The van der Waals surface area contributed by atoms with E-state index in [1.807, 2.05) is 13.1 Å². The predicted octanol–water partition coefficient (Wildman–Crippen LogP) is 0.470. The first-order valence-corrected chi connectivity index (χ1v) is 5.28. The molecule has 1 aromatic rings. The number of rotatable bonds is 4. The van der Waals surface area contributed by atoms with Crippen LogP contribution in [0.3, 0.4) is 0 Å². The molecular formula is C11H16N2O3. The van der Waals surface area contributed by atoms with Crippen LogP contribution in [0.5, 0.6) is 0 Å². The Morgan fingerprint density at radius 2 is 2.44 bits per heavy atom. The molecular weight excluding hydrogens is 208 g/mol. The van der Waals surface area contributed by atoms with Crippen molar-refractivity contribution in [2.45, 2.75) is 12.6 Å². The molecule has 0 unspecified atom stereocenters. The highest BCUT2D eigenvalue weighted by molar-refractivity contribution is 5.87. The zero-order chi connectivity index (χ0) is 11.5. The van der Waals surface area contributed by atoms with Gasteiger partial charge in [0.05, 0.1) is 13.4 Å². The first-order chi connectivity index (χ1) is 7.72. The lowest BCUT2D eigenvalue weighted by molar-refractivity contribution is 0.0560. The molecule has 0 aliphatic carbocycles. The highest BCUT2D eigenvalue weighted by atomic mass is 16.5. The molecule has 1 N–H and O–H groups in total. The van der Waals surface area contributed by atoms with Crippen molar-refractivity contribution in [3.8, 4) is 0 Å². The minimum absolute atomic E-state index is 0.307. The third kappa shape index (κ3) is 2.10. The Bertz CT molecular complexity index is 371. The molecule has 0 amide bonds. The molecule has 16 heavy (non-hydrogen) atoms. The van der Waals surface area contributed by atoms with E-state index in [-0.39, 0.29) is 0 Å². The first-order valence-electron chi connectivity index (χ1n) is 5.28. The Morgan fingerprint density at radius 1 is 1.69 bits per heavy atom. The molecule has 0 radical (unpaired) electrons. The Balaban J connectivity index is 2.03. The van der Waals surface area contributed by atoms with E-state index in [4.69, 9.17) is 4.42 Å². The highest BCUT2D eigenvalue weighted by Crippen LogP contribution is 2.15. The molecule has 0 spiro atoms. The molecule has 1 fully saturated rings. The summed E-state index contributed by atoms with van der Waals surface area (Å²) in [6.07, 6.45) is 1.52. The fourth-order valence-corrected chi connectivity index (χ4v) is 1.71. The van der Waals surface area contributed by atoms with E-state index in [1.54, 1.807) is 0 Å². The second-order valence-electron chi connectivity index (χ2n) is 3.99. The van der Waals surface area contributed by atoms with Crippen molar-refractivity contribution < 1.29 is 13.9 Å². The third-order valence-corrected chi connectivity index (χ3v) is 2.92. The van der Waals surface area contributed by atoms with Gasteiger partial charge in [-0.3, -0.25) is 4.90 Å². The van der Waals surface area contributed by atoms with Crippen LogP contribution in [0.15, 0.2) is 16.7 Å². The lowest BCUT2D eigenvalue weighted by Gasteiger charge is -2.35. The number of hydrogen-bond donors (Lipinski definition) is 1. The summed E-state index contributed by atoms with van der Waals surface area (Å²) in [5, 5.41) is 3.21. The molecule has 0 aromatic carbocycles. The largest absolute Gasteiger partial charge is 0.463 e. The Hall–Kier alpha value is -1.33. The van der Waals surface area contributed by atoms with Crippen LogP contribution in [0.2, 0.25) is 0 Å². The smallest absolute Gasteiger partial charge is 0.374 e. The molecule has 5 heteroatoms. The molecule has 1 aliphatic heterocycles. The highest BCUT2D eigenvalue weighted by Gasteiger charge is 2.24. The van der Waals surface area contributed by atoms with E-state index in [0.717, 1.165) is 18.7 Å². The molecule has 1 aliphatic rings. The molecule has 0 atom stereocenters. The molecule has 88 valence electrons. The van der Waals surface area contributed by atoms with Crippen molar-refractivity contribution in [1.82, 2.24) is 10.2 Å². The van der Waals surface area contributed by atoms with Gasteiger partial charge in [0.2, 0.25) is 5.76 Å². The van der Waals surface area contributed by atoms with Crippen molar-refractivity contribution in [2.75, 3.05) is 27.2 Å². The van der Waals surface area contributed by atoms with Gasteiger partial charge in [0, 0.05) is 31.2 Å². The van der Waals surface area contributed by atoms with Crippen LogP contribution in [-0.4, -0.2) is 44.2 Å². The fraction of sp³-hybridized carbons (Fsp3) is 0.545. The van der Waals surface area contributed by atoms with Crippen molar-refractivity contribution >= 4 is 5.97 Å². The quantitative estimate of drug-likeness (QED) is 0.753. The van der Waals surface area contributed by atoms with Crippen LogP contribution in [-0.2, 0) is 11.3 Å². The number of likely N-dealkylation sites (N-methyl/N-ethyl adjacent to an activating group) is 1. The normalized spacial score (nSPS) is 16.2. The number of nitrogens with zero attached hydrogens (tertiary/aromatic N) is 1. The maximum atomic E-state index is 11.4. The summed E-state index contributed by atoms with van der Waals surface area (Å²) in [6.45, 7) is 2.71. The number of esters is 1.